The summed E-state index contributed by atoms with van der Waals surface area (Å²) in [4.78, 5) is 7.52. The first kappa shape index (κ1) is 21.7. The van der Waals surface area contributed by atoms with Gasteiger partial charge in [-0.05, 0) is 57.9 Å². The molecule has 1 aromatic carbocycles. The molecule has 4 rings (SSSR count). The number of nitrogens with one attached hydrogen (secondary N) is 2. The van der Waals surface area contributed by atoms with Crippen molar-refractivity contribution in [1.82, 2.24) is 15.5 Å². The molecule has 3 fully saturated rings. The number of rotatable bonds is 7. The molecule has 1 heterocycles. The zero-order valence-corrected chi connectivity index (χ0v) is 19.4. The van der Waals surface area contributed by atoms with E-state index in [4.69, 9.17) is 9.73 Å². The van der Waals surface area contributed by atoms with Crippen LogP contribution in [0, 0.1) is 0 Å². The fraction of sp³-hybridized carbons (Fsp3) is 0.682. The Morgan fingerprint density at radius 1 is 1.11 bits per heavy atom. The number of guanidine groups is 1. The highest BCUT2D eigenvalue weighted by Gasteiger charge is 2.31. The largest absolute Gasteiger partial charge is 0.490 e. The summed E-state index contributed by atoms with van der Waals surface area (Å²) in [6, 6.07) is 9.76. The molecule has 2 saturated carbocycles. The van der Waals surface area contributed by atoms with Gasteiger partial charge in [-0.25, -0.2) is 4.99 Å². The second-order valence-electron chi connectivity index (χ2n) is 8.16. The molecule has 1 aromatic rings. The van der Waals surface area contributed by atoms with Crippen LogP contribution in [0.1, 0.15) is 57.4 Å². The van der Waals surface area contributed by atoms with E-state index in [0.29, 0.717) is 18.7 Å². The first-order chi connectivity index (χ1) is 13.3. The van der Waals surface area contributed by atoms with Crippen LogP contribution >= 0.6 is 24.0 Å². The molecule has 1 aliphatic heterocycles. The van der Waals surface area contributed by atoms with Crippen LogP contribution in [-0.2, 0) is 6.54 Å². The third-order valence-electron chi connectivity index (χ3n) is 6.00. The summed E-state index contributed by atoms with van der Waals surface area (Å²) in [7, 11) is 0. The number of ether oxygens (including phenoxy) is 1. The number of hydrogen-bond donors (Lipinski definition) is 2. The van der Waals surface area contributed by atoms with Crippen molar-refractivity contribution in [2.45, 2.75) is 76.6 Å². The molecular weight excluding hydrogens is 463 g/mol. The molecule has 0 atom stereocenters. The van der Waals surface area contributed by atoms with Crippen molar-refractivity contribution < 1.29 is 4.74 Å². The molecule has 0 bridgehead atoms. The molecule has 0 aromatic heterocycles. The second kappa shape index (κ2) is 10.7. The number of aliphatic imine (C=N–C) groups is 1. The van der Waals surface area contributed by atoms with E-state index in [-0.39, 0.29) is 24.0 Å². The molecule has 2 aliphatic carbocycles. The predicted molar refractivity (Wildman–Crippen MR) is 126 cm³/mol. The Kier molecular flexibility index (Phi) is 8.26. The maximum atomic E-state index is 6.15. The van der Waals surface area contributed by atoms with Crippen molar-refractivity contribution in [3.8, 4) is 5.75 Å². The van der Waals surface area contributed by atoms with Crippen LogP contribution in [0.25, 0.3) is 0 Å². The van der Waals surface area contributed by atoms with Crippen LogP contribution in [-0.4, -0.2) is 48.7 Å². The maximum absolute atomic E-state index is 6.15. The minimum Gasteiger partial charge on any atom is -0.490 e. The number of likely N-dealkylation sites (tertiary alicyclic amines) is 1. The summed E-state index contributed by atoms with van der Waals surface area (Å²) < 4.78 is 6.15. The summed E-state index contributed by atoms with van der Waals surface area (Å²) in [5.74, 6) is 1.93. The second-order valence-corrected chi connectivity index (χ2v) is 8.16. The van der Waals surface area contributed by atoms with Gasteiger partial charge in [0.15, 0.2) is 5.96 Å². The van der Waals surface area contributed by atoms with Gasteiger partial charge in [0, 0.05) is 37.3 Å². The number of halogens is 1. The van der Waals surface area contributed by atoms with Gasteiger partial charge in [-0.3, -0.25) is 0 Å². The lowest BCUT2D eigenvalue weighted by Crippen LogP contribution is -2.49. The third-order valence-corrected chi connectivity index (χ3v) is 6.00. The van der Waals surface area contributed by atoms with Gasteiger partial charge in [0.05, 0.1) is 12.6 Å². The fourth-order valence-electron chi connectivity index (χ4n) is 3.94. The van der Waals surface area contributed by atoms with Crippen LogP contribution < -0.4 is 15.4 Å². The van der Waals surface area contributed by atoms with Crippen molar-refractivity contribution in [1.29, 1.82) is 0 Å². The van der Waals surface area contributed by atoms with Crippen LogP contribution in [0.3, 0.4) is 0 Å². The average molecular weight is 498 g/mol. The Hall–Kier alpha value is -1.02. The van der Waals surface area contributed by atoms with Crippen LogP contribution in [0.4, 0.5) is 0 Å². The van der Waals surface area contributed by atoms with Crippen molar-refractivity contribution in [3.05, 3.63) is 29.8 Å². The molecule has 28 heavy (non-hydrogen) atoms. The minimum absolute atomic E-state index is 0. The summed E-state index contributed by atoms with van der Waals surface area (Å²) in [6.45, 7) is 6.10. The minimum atomic E-state index is 0. The number of para-hydroxylation sites is 1. The Labute approximate surface area is 186 Å². The first-order valence-corrected chi connectivity index (χ1v) is 10.9. The first-order valence-electron chi connectivity index (χ1n) is 10.9. The van der Waals surface area contributed by atoms with Crippen LogP contribution in [0.2, 0.25) is 0 Å². The van der Waals surface area contributed by atoms with Gasteiger partial charge in [0.1, 0.15) is 5.75 Å². The fourth-order valence-corrected chi connectivity index (χ4v) is 3.94. The molecule has 2 N–H and O–H groups in total. The molecule has 1 saturated heterocycles. The lowest BCUT2D eigenvalue weighted by atomic mass is 9.96. The molecule has 156 valence electrons. The van der Waals surface area contributed by atoms with Gasteiger partial charge >= 0.3 is 0 Å². The SMILES string of the molecule is CCNC(=NCc1ccccc1OC1CCC1)NC1CCN(C2CC2)CC1.I. The van der Waals surface area contributed by atoms with Crippen LogP contribution in [0.15, 0.2) is 29.3 Å². The summed E-state index contributed by atoms with van der Waals surface area (Å²) in [6.07, 6.45) is 9.29. The number of benzene rings is 1. The van der Waals surface area contributed by atoms with E-state index in [9.17, 15) is 0 Å². The van der Waals surface area contributed by atoms with Gasteiger partial charge in [0.2, 0.25) is 0 Å². The number of piperidine rings is 1. The summed E-state index contributed by atoms with van der Waals surface area (Å²) in [5.41, 5.74) is 1.17. The third kappa shape index (κ3) is 5.99. The topological polar surface area (TPSA) is 48.9 Å². The molecule has 5 nitrogen and oxygen atoms in total. The Morgan fingerprint density at radius 2 is 1.86 bits per heavy atom. The van der Waals surface area contributed by atoms with E-state index < -0.39 is 0 Å². The zero-order valence-electron chi connectivity index (χ0n) is 17.0. The number of hydrogen-bond acceptors (Lipinski definition) is 3. The zero-order chi connectivity index (χ0) is 18.5. The van der Waals surface area contributed by atoms with E-state index >= 15 is 0 Å². The molecular formula is C22H35IN4O. The number of nitrogens with zero attached hydrogens (tertiary/aromatic N) is 2. The highest BCUT2D eigenvalue weighted by Crippen LogP contribution is 2.29. The highest BCUT2D eigenvalue weighted by molar-refractivity contribution is 14.0. The van der Waals surface area contributed by atoms with Crippen LogP contribution in [0.5, 0.6) is 5.75 Å². The predicted octanol–water partition coefficient (Wildman–Crippen LogP) is 3.92. The molecule has 3 aliphatic rings. The summed E-state index contributed by atoms with van der Waals surface area (Å²) in [5, 5.41) is 7.07. The van der Waals surface area contributed by atoms with Gasteiger partial charge in [-0.1, -0.05) is 18.2 Å². The van der Waals surface area contributed by atoms with E-state index in [1.165, 1.54) is 63.6 Å². The molecule has 0 unspecified atom stereocenters. The Balaban J connectivity index is 0.00000225. The molecule has 0 radical (unpaired) electrons. The molecule has 0 amide bonds. The average Bonchev–Trinajstić information content (AvgIpc) is 3.49. The van der Waals surface area contributed by atoms with Crippen molar-refractivity contribution in [2.75, 3.05) is 19.6 Å². The maximum Gasteiger partial charge on any atom is 0.191 e. The van der Waals surface area contributed by atoms with Crippen molar-refractivity contribution in [2.24, 2.45) is 4.99 Å². The smallest absolute Gasteiger partial charge is 0.191 e. The molecule has 0 spiro atoms. The Bertz CT molecular complexity index is 637. The highest BCUT2D eigenvalue weighted by atomic mass is 127. The van der Waals surface area contributed by atoms with E-state index in [2.05, 4.69) is 46.7 Å². The normalized spacial score (nSPS) is 21.5. The lowest BCUT2D eigenvalue weighted by molar-refractivity contribution is 0.119. The Morgan fingerprint density at radius 3 is 2.50 bits per heavy atom. The van der Waals surface area contributed by atoms with E-state index in [1.807, 2.05) is 0 Å². The summed E-state index contributed by atoms with van der Waals surface area (Å²) >= 11 is 0. The van der Waals surface area contributed by atoms with Gasteiger partial charge in [-0.2, -0.15) is 0 Å². The lowest BCUT2D eigenvalue weighted by Gasteiger charge is -2.33. The standard InChI is InChI=1S/C22H34N4O.HI/c1-2-23-22(25-18-12-14-26(15-13-18)19-10-11-19)24-16-17-6-3-4-9-21(17)27-20-7-5-8-20;/h3-4,6,9,18-20H,2,5,7-8,10-16H2,1H3,(H2,23,24,25);1H. The van der Waals surface area contributed by atoms with Gasteiger partial charge in [-0.15, -0.1) is 24.0 Å². The van der Waals surface area contributed by atoms with Gasteiger partial charge in [0.25, 0.3) is 0 Å². The van der Waals surface area contributed by atoms with Gasteiger partial charge < -0.3 is 20.3 Å². The van der Waals surface area contributed by atoms with E-state index in [0.717, 1.165) is 24.3 Å². The van der Waals surface area contributed by atoms with Crippen molar-refractivity contribution >= 4 is 29.9 Å². The molecule has 6 heteroatoms. The van der Waals surface area contributed by atoms with E-state index in [1.54, 1.807) is 0 Å². The van der Waals surface area contributed by atoms with Crippen molar-refractivity contribution in [3.63, 3.8) is 0 Å². The quantitative estimate of drug-likeness (QED) is 0.340. The monoisotopic (exact) mass is 498 g/mol.